The summed E-state index contributed by atoms with van der Waals surface area (Å²) in [5, 5.41) is 8.37. The van der Waals surface area contributed by atoms with Gasteiger partial charge < -0.3 is 9.84 Å². The van der Waals surface area contributed by atoms with Crippen LogP contribution in [0.5, 0.6) is 0 Å². The molecular formula is C10H20O3. The van der Waals surface area contributed by atoms with Crippen LogP contribution in [0.2, 0.25) is 0 Å². The molecule has 0 fully saturated rings. The number of hydrogen-bond acceptors (Lipinski definition) is 2. The second kappa shape index (κ2) is 9.52. The van der Waals surface area contributed by atoms with E-state index in [2.05, 4.69) is 0 Å². The van der Waals surface area contributed by atoms with Gasteiger partial charge in [0.25, 0.3) is 0 Å². The molecule has 0 saturated carbocycles. The number of carbonyl (C=O) groups is 1. The summed E-state index contributed by atoms with van der Waals surface area (Å²) in [5.41, 5.74) is 0. The largest absolute Gasteiger partial charge is 0.481 e. The number of carboxylic acid groups (broad SMARTS) is 1. The monoisotopic (exact) mass is 188 g/mol. The number of carboxylic acids is 1. The number of ether oxygens (including phenoxy) is 1. The van der Waals surface area contributed by atoms with Crippen LogP contribution >= 0.6 is 0 Å². The first kappa shape index (κ1) is 12.4. The van der Waals surface area contributed by atoms with Gasteiger partial charge in [-0.05, 0) is 19.8 Å². The van der Waals surface area contributed by atoms with E-state index in [0.29, 0.717) is 6.42 Å². The predicted octanol–water partition coefficient (Wildman–Crippen LogP) is 2.45. The maximum absolute atomic E-state index is 10.2. The van der Waals surface area contributed by atoms with Crippen molar-refractivity contribution in [1.29, 1.82) is 0 Å². The second-order valence-corrected chi connectivity index (χ2v) is 3.11. The van der Waals surface area contributed by atoms with Crippen LogP contribution in [0, 0.1) is 0 Å². The molecule has 0 heterocycles. The van der Waals surface area contributed by atoms with Crippen LogP contribution in [0.1, 0.15) is 45.4 Å². The second-order valence-electron chi connectivity index (χ2n) is 3.11. The van der Waals surface area contributed by atoms with Crippen molar-refractivity contribution >= 4 is 5.97 Å². The Morgan fingerprint density at radius 2 is 1.77 bits per heavy atom. The van der Waals surface area contributed by atoms with Crippen LogP contribution in [0.4, 0.5) is 0 Å². The molecule has 0 aliphatic carbocycles. The van der Waals surface area contributed by atoms with E-state index in [4.69, 9.17) is 9.84 Å². The summed E-state index contributed by atoms with van der Waals surface area (Å²) >= 11 is 0. The molecule has 3 nitrogen and oxygen atoms in total. The molecule has 0 saturated heterocycles. The van der Waals surface area contributed by atoms with Crippen molar-refractivity contribution in [3.63, 3.8) is 0 Å². The summed E-state index contributed by atoms with van der Waals surface area (Å²) in [7, 11) is 0. The minimum atomic E-state index is -0.686. The van der Waals surface area contributed by atoms with Crippen molar-refractivity contribution in [2.45, 2.75) is 45.4 Å². The Morgan fingerprint density at radius 1 is 1.15 bits per heavy atom. The van der Waals surface area contributed by atoms with Crippen LogP contribution in [-0.2, 0) is 9.53 Å². The van der Waals surface area contributed by atoms with Crippen molar-refractivity contribution in [3.8, 4) is 0 Å². The lowest BCUT2D eigenvalue weighted by Gasteiger charge is -2.00. The van der Waals surface area contributed by atoms with Crippen molar-refractivity contribution < 1.29 is 14.6 Å². The van der Waals surface area contributed by atoms with Gasteiger partial charge in [0.05, 0.1) is 0 Å². The van der Waals surface area contributed by atoms with E-state index >= 15 is 0 Å². The minimum Gasteiger partial charge on any atom is -0.481 e. The maximum Gasteiger partial charge on any atom is 0.303 e. The highest BCUT2D eigenvalue weighted by Crippen LogP contribution is 2.05. The SMILES string of the molecule is CCOCCCCCCCC(=O)O. The summed E-state index contributed by atoms with van der Waals surface area (Å²) in [6.07, 6.45) is 5.52. The average molecular weight is 188 g/mol. The molecule has 1 N–H and O–H groups in total. The Morgan fingerprint density at radius 3 is 2.38 bits per heavy atom. The van der Waals surface area contributed by atoms with Gasteiger partial charge in [-0.2, -0.15) is 0 Å². The van der Waals surface area contributed by atoms with E-state index in [0.717, 1.165) is 45.3 Å². The predicted molar refractivity (Wildman–Crippen MR) is 51.8 cm³/mol. The van der Waals surface area contributed by atoms with Gasteiger partial charge in [-0.15, -0.1) is 0 Å². The normalized spacial score (nSPS) is 10.2. The molecule has 0 aromatic heterocycles. The first-order valence-electron chi connectivity index (χ1n) is 5.07. The molecule has 0 aliphatic heterocycles. The molecule has 0 aromatic carbocycles. The van der Waals surface area contributed by atoms with E-state index in [1.807, 2.05) is 6.92 Å². The van der Waals surface area contributed by atoms with Gasteiger partial charge in [0.1, 0.15) is 0 Å². The van der Waals surface area contributed by atoms with Crippen LogP contribution < -0.4 is 0 Å². The van der Waals surface area contributed by atoms with Gasteiger partial charge in [0, 0.05) is 19.6 Å². The number of unbranched alkanes of at least 4 members (excludes halogenated alkanes) is 4. The maximum atomic E-state index is 10.2. The van der Waals surface area contributed by atoms with Gasteiger partial charge in [0.15, 0.2) is 0 Å². The summed E-state index contributed by atoms with van der Waals surface area (Å²) < 4.78 is 5.18. The molecule has 13 heavy (non-hydrogen) atoms. The highest BCUT2D eigenvalue weighted by molar-refractivity contribution is 5.66. The van der Waals surface area contributed by atoms with Gasteiger partial charge in [0.2, 0.25) is 0 Å². The van der Waals surface area contributed by atoms with Crippen molar-refractivity contribution in [2.24, 2.45) is 0 Å². The van der Waals surface area contributed by atoms with Gasteiger partial charge in [-0.1, -0.05) is 19.3 Å². The molecule has 0 rings (SSSR count). The molecule has 0 radical (unpaired) electrons. The highest BCUT2D eigenvalue weighted by Gasteiger charge is 1.95. The van der Waals surface area contributed by atoms with Crippen LogP contribution in [0.15, 0.2) is 0 Å². The van der Waals surface area contributed by atoms with Crippen LogP contribution in [0.25, 0.3) is 0 Å². The van der Waals surface area contributed by atoms with Crippen molar-refractivity contribution in [3.05, 3.63) is 0 Å². The molecule has 78 valence electrons. The first-order valence-corrected chi connectivity index (χ1v) is 5.07. The van der Waals surface area contributed by atoms with Gasteiger partial charge in [-0.3, -0.25) is 4.79 Å². The molecule has 0 amide bonds. The third kappa shape index (κ3) is 11.4. The van der Waals surface area contributed by atoms with Gasteiger partial charge >= 0.3 is 5.97 Å². The Balaban J connectivity index is 2.87. The average Bonchev–Trinajstić information content (AvgIpc) is 2.09. The standard InChI is InChI=1S/C10H20O3/c1-2-13-9-7-5-3-4-6-8-10(11)12/h2-9H2,1H3,(H,11,12). The fourth-order valence-electron chi connectivity index (χ4n) is 1.16. The van der Waals surface area contributed by atoms with Crippen LogP contribution in [-0.4, -0.2) is 24.3 Å². The number of rotatable bonds is 9. The molecular weight excluding hydrogens is 168 g/mol. The van der Waals surface area contributed by atoms with Crippen LogP contribution in [0.3, 0.4) is 0 Å². The zero-order chi connectivity index (χ0) is 9.94. The zero-order valence-corrected chi connectivity index (χ0v) is 8.42. The third-order valence-electron chi connectivity index (χ3n) is 1.88. The summed E-state index contributed by atoms with van der Waals surface area (Å²) in [4.78, 5) is 10.2. The molecule has 0 spiro atoms. The molecule has 0 bridgehead atoms. The fourth-order valence-corrected chi connectivity index (χ4v) is 1.16. The lowest BCUT2D eigenvalue weighted by Crippen LogP contribution is -1.95. The van der Waals surface area contributed by atoms with E-state index in [-0.39, 0.29) is 0 Å². The Hall–Kier alpha value is -0.570. The smallest absolute Gasteiger partial charge is 0.303 e. The van der Waals surface area contributed by atoms with Crippen molar-refractivity contribution in [2.75, 3.05) is 13.2 Å². The summed E-state index contributed by atoms with van der Waals surface area (Å²) in [6, 6.07) is 0. The Bertz CT molecular complexity index is 123. The Kier molecular flexibility index (Phi) is 9.10. The summed E-state index contributed by atoms with van der Waals surface area (Å²) in [5.74, 6) is -0.686. The number of hydrogen-bond donors (Lipinski definition) is 1. The lowest BCUT2D eigenvalue weighted by atomic mass is 10.1. The highest BCUT2D eigenvalue weighted by atomic mass is 16.5. The Labute approximate surface area is 80.1 Å². The zero-order valence-electron chi connectivity index (χ0n) is 8.42. The third-order valence-corrected chi connectivity index (χ3v) is 1.88. The lowest BCUT2D eigenvalue weighted by molar-refractivity contribution is -0.137. The molecule has 3 heteroatoms. The number of aliphatic carboxylic acids is 1. The molecule has 0 aromatic rings. The van der Waals surface area contributed by atoms with E-state index in [1.165, 1.54) is 0 Å². The fraction of sp³-hybridized carbons (Fsp3) is 0.900. The summed E-state index contributed by atoms with van der Waals surface area (Å²) in [6.45, 7) is 3.63. The first-order chi connectivity index (χ1) is 6.27. The molecule has 0 unspecified atom stereocenters. The minimum absolute atomic E-state index is 0.311. The van der Waals surface area contributed by atoms with E-state index < -0.39 is 5.97 Å². The molecule has 0 aliphatic rings. The molecule has 0 atom stereocenters. The van der Waals surface area contributed by atoms with E-state index in [1.54, 1.807) is 0 Å². The quantitative estimate of drug-likeness (QED) is 0.565. The van der Waals surface area contributed by atoms with Crippen molar-refractivity contribution in [1.82, 2.24) is 0 Å². The topological polar surface area (TPSA) is 46.5 Å². The van der Waals surface area contributed by atoms with Gasteiger partial charge in [-0.25, -0.2) is 0 Å². The van der Waals surface area contributed by atoms with E-state index in [9.17, 15) is 4.79 Å².